The average Bonchev–Trinajstić information content (AvgIpc) is 2.87. The van der Waals surface area contributed by atoms with E-state index >= 15 is 0 Å². The smallest absolute Gasteiger partial charge is 0.178 e. The second kappa shape index (κ2) is 5.50. The first-order valence-electron chi connectivity index (χ1n) is 9.96. The van der Waals surface area contributed by atoms with Crippen molar-refractivity contribution in [1.29, 1.82) is 0 Å². The third kappa shape index (κ3) is 2.13. The van der Waals surface area contributed by atoms with E-state index in [2.05, 4.69) is 13.8 Å². The summed E-state index contributed by atoms with van der Waals surface area (Å²) in [5, 5.41) is 11.3. The predicted octanol–water partition coefficient (Wildman–Crippen LogP) is 2.78. The molecule has 0 amide bonds. The van der Waals surface area contributed by atoms with Gasteiger partial charge < -0.3 is 10.8 Å². The van der Waals surface area contributed by atoms with Crippen molar-refractivity contribution in [2.75, 3.05) is 6.54 Å². The van der Waals surface area contributed by atoms with Crippen molar-refractivity contribution in [3.05, 3.63) is 11.6 Å². The van der Waals surface area contributed by atoms with E-state index < -0.39 is 5.60 Å². The first-order valence-corrected chi connectivity index (χ1v) is 9.96. The fourth-order valence-electron chi connectivity index (χ4n) is 7.20. The highest BCUT2D eigenvalue weighted by Crippen LogP contribution is 2.67. The predicted molar refractivity (Wildman–Crippen MR) is 95.7 cm³/mol. The summed E-state index contributed by atoms with van der Waals surface area (Å²) in [5.41, 5.74) is 5.54. The first-order chi connectivity index (χ1) is 11.8. The van der Waals surface area contributed by atoms with Crippen LogP contribution in [0.2, 0.25) is 0 Å². The molecule has 0 bridgehead atoms. The van der Waals surface area contributed by atoms with Crippen LogP contribution in [0, 0.1) is 28.6 Å². The van der Waals surface area contributed by atoms with Gasteiger partial charge in [-0.25, -0.2) is 0 Å². The lowest BCUT2D eigenvalue weighted by Crippen LogP contribution is -2.58. The van der Waals surface area contributed by atoms with Gasteiger partial charge in [0.1, 0.15) is 5.60 Å². The van der Waals surface area contributed by atoms with Gasteiger partial charge in [0.2, 0.25) is 0 Å². The minimum atomic E-state index is -1.24. The highest BCUT2D eigenvalue weighted by atomic mass is 16.3. The van der Waals surface area contributed by atoms with E-state index in [-0.39, 0.29) is 28.9 Å². The summed E-state index contributed by atoms with van der Waals surface area (Å²) in [6, 6.07) is 0. The molecule has 4 rings (SSSR count). The Bertz CT molecular complexity index is 656. The van der Waals surface area contributed by atoms with Crippen molar-refractivity contribution in [3.63, 3.8) is 0 Å². The molecule has 4 nitrogen and oxygen atoms in total. The molecule has 3 saturated carbocycles. The highest BCUT2D eigenvalue weighted by Gasteiger charge is 2.65. The standard InChI is InChI=1S/C21H31NO3/c1-19-8-5-14(23)11-13(19)3-4-15-16(19)6-9-20(2)17(15)7-10-21(20,25)18(24)12-22/h11,15-17,25H,3-10,12,22H2,1-2H3/t15-,16+,17+,19+,20?,21+/m1/s1. The summed E-state index contributed by atoms with van der Waals surface area (Å²) >= 11 is 0. The van der Waals surface area contributed by atoms with Crippen LogP contribution in [-0.2, 0) is 9.59 Å². The maximum absolute atomic E-state index is 12.5. The van der Waals surface area contributed by atoms with Gasteiger partial charge >= 0.3 is 0 Å². The number of ketones is 2. The number of allylic oxidation sites excluding steroid dienone is 1. The second-order valence-electron chi connectivity index (χ2n) is 9.45. The lowest BCUT2D eigenvalue weighted by atomic mass is 9.46. The molecular weight excluding hydrogens is 314 g/mol. The number of rotatable bonds is 2. The van der Waals surface area contributed by atoms with Gasteiger partial charge in [0.25, 0.3) is 0 Å². The Morgan fingerprint density at radius 2 is 1.88 bits per heavy atom. The SMILES string of the molecule is CC12CC[C@H]3[C@@H](CCC4=CC(=O)CC[C@@]43C)[C@@H]1CC[C@]2(O)C(=O)CN. The Morgan fingerprint density at radius 3 is 2.60 bits per heavy atom. The van der Waals surface area contributed by atoms with Gasteiger partial charge in [-0.05, 0) is 74.2 Å². The molecule has 4 aliphatic rings. The quantitative estimate of drug-likeness (QED) is 0.806. The van der Waals surface area contributed by atoms with Gasteiger partial charge in [0.05, 0.1) is 6.54 Å². The lowest BCUT2D eigenvalue weighted by molar-refractivity contribution is -0.160. The molecule has 0 saturated heterocycles. The summed E-state index contributed by atoms with van der Waals surface area (Å²) in [6.07, 6.45) is 9.06. The fourth-order valence-corrected chi connectivity index (χ4v) is 7.20. The van der Waals surface area contributed by atoms with E-state index in [1.54, 1.807) is 0 Å². The Labute approximate surface area is 150 Å². The summed E-state index contributed by atoms with van der Waals surface area (Å²) in [4.78, 5) is 24.3. The van der Waals surface area contributed by atoms with E-state index in [1.807, 2.05) is 6.08 Å². The molecule has 1 unspecified atom stereocenters. The topological polar surface area (TPSA) is 80.4 Å². The molecule has 138 valence electrons. The monoisotopic (exact) mass is 345 g/mol. The fraction of sp³-hybridized carbons (Fsp3) is 0.810. The van der Waals surface area contributed by atoms with Crippen LogP contribution in [0.4, 0.5) is 0 Å². The van der Waals surface area contributed by atoms with E-state index in [1.165, 1.54) is 5.57 Å². The summed E-state index contributed by atoms with van der Waals surface area (Å²) < 4.78 is 0. The van der Waals surface area contributed by atoms with Crippen LogP contribution in [0.15, 0.2) is 11.6 Å². The maximum atomic E-state index is 12.5. The molecule has 25 heavy (non-hydrogen) atoms. The van der Waals surface area contributed by atoms with Crippen LogP contribution in [0.3, 0.4) is 0 Å². The third-order valence-electron chi connectivity index (χ3n) is 8.76. The molecule has 0 radical (unpaired) electrons. The van der Waals surface area contributed by atoms with Crippen molar-refractivity contribution >= 4 is 11.6 Å². The normalized spacial score (nSPS) is 49.0. The minimum absolute atomic E-state index is 0.0698. The van der Waals surface area contributed by atoms with Crippen molar-refractivity contribution in [2.45, 2.75) is 70.8 Å². The van der Waals surface area contributed by atoms with Crippen LogP contribution in [-0.4, -0.2) is 28.8 Å². The molecule has 0 aromatic heterocycles. The average molecular weight is 345 g/mol. The molecule has 0 aliphatic heterocycles. The number of hydrogen-bond donors (Lipinski definition) is 2. The number of carbonyl (C=O) groups is 2. The minimum Gasteiger partial charge on any atom is -0.381 e. The van der Waals surface area contributed by atoms with Gasteiger partial charge in [0.15, 0.2) is 11.6 Å². The molecule has 0 aromatic carbocycles. The summed E-state index contributed by atoms with van der Waals surface area (Å²) in [5.74, 6) is 1.63. The van der Waals surface area contributed by atoms with Crippen LogP contribution >= 0.6 is 0 Å². The molecular formula is C21H31NO3. The zero-order chi connectivity index (χ0) is 18.0. The van der Waals surface area contributed by atoms with E-state index in [0.29, 0.717) is 30.6 Å². The largest absolute Gasteiger partial charge is 0.381 e. The first kappa shape index (κ1) is 17.4. The molecule has 4 heteroatoms. The van der Waals surface area contributed by atoms with Gasteiger partial charge in [0, 0.05) is 11.8 Å². The molecule has 4 aliphatic carbocycles. The van der Waals surface area contributed by atoms with Crippen LogP contribution < -0.4 is 5.73 Å². The second-order valence-corrected chi connectivity index (χ2v) is 9.45. The van der Waals surface area contributed by atoms with Crippen molar-refractivity contribution in [1.82, 2.24) is 0 Å². The molecule has 3 N–H and O–H groups in total. The van der Waals surface area contributed by atoms with Crippen molar-refractivity contribution in [2.24, 2.45) is 34.3 Å². The molecule has 0 aromatic rings. The summed E-state index contributed by atoms with van der Waals surface area (Å²) in [6.45, 7) is 4.42. The van der Waals surface area contributed by atoms with E-state index in [0.717, 1.165) is 38.5 Å². The molecule has 0 heterocycles. The Kier molecular flexibility index (Phi) is 3.83. The third-order valence-corrected chi connectivity index (χ3v) is 8.76. The van der Waals surface area contributed by atoms with Crippen LogP contribution in [0.25, 0.3) is 0 Å². The van der Waals surface area contributed by atoms with Crippen molar-refractivity contribution < 1.29 is 14.7 Å². The van der Waals surface area contributed by atoms with E-state index in [9.17, 15) is 14.7 Å². The van der Waals surface area contributed by atoms with Crippen LogP contribution in [0.1, 0.15) is 65.2 Å². The van der Waals surface area contributed by atoms with E-state index in [4.69, 9.17) is 5.73 Å². The number of nitrogens with two attached hydrogens (primary N) is 1. The molecule has 0 spiro atoms. The number of carbonyl (C=O) groups excluding carboxylic acids is 2. The number of Topliss-reactive ketones (excluding diaryl/α,β-unsaturated/α-hetero) is 1. The van der Waals surface area contributed by atoms with Crippen LogP contribution in [0.5, 0.6) is 0 Å². The Morgan fingerprint density at radius 1 is 1.16 bits per heavy atom. The summed E-state index contributed by atoms with van der Waals surface area (Å²) in [7, 11) is 0. The molecule has 3 fully saturated rings. The van der Waals surface area contributed by atoms with Gasteiger partial charge in [-0.3, -0.25) is 9.59 Å². The lowest BCUT2D eigenvalue weighted by Gasteiger charge is -2.58. The van der Waals surface area contributed by atoms with Gasteiger partial charge in [-0.1, -0.05) is 19.4 Å². The van der Waals surface area contributed by atoms with Crippen molar-refractivity contribution in [3.8, 4) is 0 Å². The number of fused-ring (bicyclic) bond motifs is 5. The Balaban J connectivity index is 1.68. The maximum Gasteiger partial charge on any atom is 0.178 e. The Hall–Kier alpha value is -1.00. The van der Waals surface area contributed by atoms with Gasteiger partial charge in [-0.2, -0.15) is 0 Å². The zero-order valence-corrected chi connectivity index (χ0v) is 15.5. The van der Waals surface area contributed by atoms with Gasteiger partial charge in [-0.15, -0.1) is 0 Å². The highest BCUT2D eigenvalue weighted by molar-refractivity contribution is 5.92. The zero-order valence-electron chi connectivity index (χ0n) is 15.5. The number of aliphatic hydroxyl groups is 1. The molecule has 6 atom stereocenters. The number of hydrogen-bond acceptors (Lipinski definition) is 4.